The first-order valence-corrected chi connectivity index (χ1v) is 17.6. The lowest BCUT2D eigenvalue weighted by Crippen LogP contribution is -2.43. The third kappa shape index (κ3) is 7.44. The van der Waals surface area contributed by atoms with Gasteiger partial charge in [0.15, 0.2) is 0 Å². The molecule has 1 amide bonds. The molecular formula is C33H50N4O3S. The third-order valence-electron chi connectivity index (χ3n) is 9.82. The first kappa shape index (κ1) is 30.3. The van der Waals surface area contributed by atoms with Gasteiger partial charge in [-0.3, -0.25) is 4.79 Å². The van der Waals surface area contributed by atoms with Crippen molar-refractivity contribution in [3.05, 3.63) is 52.8 Å². The number of carbonyl (C=O) groups excluding carboxylic acids is 1. The van der Waals surface area contributed by atoms with Crippen molar-refractivity contribution in [3.8, 4) is 0 Å². The number of hydrogen-bond donors (Lipinski definition) is 3. The summed E-state index contributed by atoms with van der Waals surface area (Å²) in [4.78, 5) is 17.0. The molecule has 5 rings (SSSR count). The number of unbranched alkanes of at least 4 members (excludes halogenated alkanes) is 1. The number of carbonyl (C=O) groups is 1. The standard InChI is InChI=1S/C33H50N4O3S/c1-26-12-14-29(15-13-26)41(39,40)37-21-16-27(17-22-37)11-7-10-20-35-32(38)30-23-28-24-34-25-33(31(28)36-30)18-8-5-3-2-4-6-9-19-33/h12-15,23,27,34,36H,2-11,16-22,24-25H2,1H3,(H,35,38). The molecule has 226 valence electrons. The van der Waals surface area contributed by atoms with Crippen molar-refractivity contribution in [2.75, 3.05) is 26.2 Å². The van der Waals surface area contributed by atoms with Crippen molar-refractivity contribution < 1.29 is 13.2 Å². The minimum atomic E-state index is -3.41. The summed E-state index contributed by atoms with van der Waals surface area (Å²) in [5.41, 5.74) is 4.50. The zero-order valence-corrected chi connectivity index (χ0v) is 25.8. The fourth-order valence-corrected chi connectivity index (χ4v) is 8.74. The summed E-state index contributed by atoms with van der Waals surface area (Å²) in [6.45, 7) is 5.67. The van der Waals surface area contributed by atoms with E-state index in [1.54, 1.807) is 16.4 Å². The molecule has 1 aliphatic carbocycles. The fourth-order valence-electron chi connectivity index (χ4n) is 7.27. The zero-order chi connectivity index (χ0) is 28.7. The van der Waals surface area contributed by atoms with Gasteiger partial charge in [-0.25, -0.2) is 8.42 Å². The Morgan fingerprint density at radius 3 is 2.32 bits per heavy atom. The molecule has 0 atom stereocenters. The lowest BCUT2D eigenvalue weighted by Gasteiger charge is -2.38. The Balaban J connectivity index is 1.05. The summed E-state index contributed by atoms with van der Waals surface area (Å²) in [6, 6.07) is 9.22. The Hall–Kier alpha value is -2.16. The van der Waals surface area contributed by atoms with Crippen LogP contribution in [0.15, 0.2) is 35.2 Å². The fraction of sp³-hybridized carbons (Fsp3) is 0.667. The van der Waals surface area contributed by atoms with E-state index in [9.17, 15) is 13.2 Å². The van der Waals surface area contributed by atoms with E-state index in [2.05, 4.69) is 21.7 Å². The molecule has 2 aromatic rings. The predicted molar refractivity (Wildman–Crippen MR) is 165 cm³/mol. The highest BCUT2D eigenvalue weighted by atomic mass is 32.2. The quantitative estimate of drug-likeness (QED) is 0.324. The molecule has 2 fully saturated rings. The zero-order valence-electron chi connectivity index (χ0n) is 25.0. The number of H-pyrrole nitrogens is 1. The van der Waals surface area contributed by atoms with Crippen molar-refractivity contribution in [1.29, 1.82) is 0 Å². The molecule has 1 aromatic heterocycles. The predicted octanol–water partition coefficient (Wildman–Crippen LogP) is 6.19. The highest BCUT2D eigenvalue weighted by Gasteiger charge is 2.38. The van der Waals surface area contributed by atoms with Crippen LogP contribution in [-0.4, -0.2) is 49.8 Å². The summed E-state index contributed by atoms with van der Waals surface area (Å²) in [6.07, 6.45) is 16.5. The molecule has 0 unspecified atom stereocenters. The van der Waals surface area contributed by atoms with Crippen LogP contribution in [0.25, 0.3) is 0 Å². The third-order valence-corrected chi connectivity index (χ3v) is 11.7. The van der Waals surface area contributed by atoms with Gasteiger partial charge in [-0.2, -0.15) is 4.31 Å². The first-order valence-electron chi connectivity index (χ1n) is 16.2. The topological polar surface area (TPSA) is 94.3 Å². The van der Waals surface area contributed by atoms with Crippen molar-refractivity contribution >= 4 is 15.9 Å². The second-order valence-corrected chi connectivity index (χ2v) is 14.8. The highest BCUT2D eigenvalue weighted by Crippen LogP contribution is 2.40. The number of rotatable bonds is 8. The van der Waals surface area contributed by atoms with E-state index in [0.29, 0.717) is 36.1 Å². The largest absolute Gasteiger partial charge is 0.354 e. The van der Waals surface area contributed by atoms with E-state index < -0.39 is 10.0 Å². The molecule has 1 saturated heterocycles. The average Bonchev–Trinajstić information content (AvgIpc) is 3.43. The van der Waals surface area contributed by atoms with Gasteiger partial charge in [-0.15, -0.1) is 0 Å². The van der Waals surface area contributed by atoms with E-state index >= 15 is 0 Å². The van der Waals surface area contributed by atoms with Crippen LogP contribution in [0, 0.1) is 12.8 Å². The molecule has 1 aromatic carbocycles. The molecule has 1 saturated carbocycles. The van der Waals surface area contributed by atoms with Crippen molar-refractivity contribution in [1.82, 2.24) is 19.9 Å². The average molecular weight is 583 g/mol. The minimum Gasteiger partial charge on any atom is -0.354 e. The van der Waals surface area contributed by atoms with Crippen LogP contribution < -0.4 is 10.6 Å². The smallest absolute Gasteiger partial charge is 0.267 e. The maximum Gasteiger partial charge on any atom is 0.267 e. The van der Waals surface area contributed by atoms with Gasteiger partial charge in [0.1, 0.15) is 5.69 Å². The normalized spacial score (nSPS) is 20.9. The maximum absolute atomic E-state index is 13.1. The number of benzene rings is 1. The lowest BCUT2D eigenvalue weighted by atomic mass is 9.72. The van der Waals surface area contributed by atoms with Crippen LogP contribution in [0.1, 0.15) is 117 Å². The number of aromatic nitrogens is 1. The van der Waals surface area contributed by atoms with E-state index in [-0.39, 0.29) is 11.3 Å². The molecule has 8 heteroatoms. The van der Waals surface area contributed by atoms with Gasteiger partial charge < -0.3 is 15.6 Å². The van der Waals surface area contributed by atoms with Crippen LogP contribution in [0.2, 0.25) is 0 Å². The van der Waals surface area contributed by atoms with Crippen molar-refractivity contribution in [3.63, 3.8) is 0 Å². The van der Waals surface area contributed by atoms with Gasteiger partial charge >= 0.3 is 0 Å². The van der Waals surface area contributed by atoms with Crippen LogP contribution in [0.4, 0.5) is 0 Å². The lowest BCUT2D eigenvalue weighted by molar-refractivity contribution is 0.0948. The number of piperidine rings is 1. The van der Waals surface area contributed by atoms with E-state index in [0.717, 1.165) is 50.8 Å². The SMILES string of the molecule is Cc1ccc(S(=O)(=O)N2CCC(CCCCNC(=O)c3cc4c([nH]3)C3(CCCCCCCCC3)CNC4)CC2)cc1. The summed E-state index contributed by atoms with van der Waals surface area (Å²) in [5, 5.41) is 6.81. The Labute approximate surface area is 247 Å². The Bertz CT molecular complexity index is 1240. The van der Waals surface area contributed by atoms with Gasteiger partial charge in [-0.05, 0) is 68.7 Å². The van der Waals surface area contributed by atoms with Crippen molar-refractivity contribution in [2.24, 2.45) is 5.92 Å². The van der Waals surface area contributed by atoms with Crippen LogP contribution in [0.3, 0.4) is 0 Å². The van der Waals surface area contributed by atoms with Gasteiger partial charge in [0, 0.05) is 43.8 Å². The van der Waals surface area contributed by atoms with Crippen LogP contribution in [0.5, 0.6) is 0 Å². The minimum absolute atomic E-state index is 0.00374. The molecule has 7 nitrogen and oxygen atoms in total. The number of nitrogens with one attached hydrogen (secondary N) is 3. The molecule has 1 spiro atoms. The second kappa shape index (κ2) is 13.9. The van der Waals surface area contributed by atoms with Gasteiger partial charge in [-0.1, -0.05) is 75.5 Å². The molecule has 3 aliphatic rings. The van der Waals surface area contributed by atoms with E-state index in [1.165, 1.54) is 69.0 Å². The molecule has 3 heterocycles. The van der Waals surface area contributed by atoms with Crippen LogP contribution in [-0.2, 0) is 22.0 Å². The van der Waals surface area contributed by atoms with Crippen molar-refractivity contribution in [2.45, 2.75) is 114 Å². The molecule has 0 bridgehead atoms. The number of sulfonamides is 1. The Morgan fingerprint density at radius 1 is 0.976 bits per heavy atom. The number of fused-ring (bicyclic) bond motifs is 2. The van der Waals surface area contributed by atoms with E-state index in [1.807, 2.05) is 19.1 Å². The van der Waals surface area contributed by atoms with Crippen LogP contribution >= 0.6 is 0 Å². The monoisotopic (exact) mass is 582 g/mol. The molecule has 41 heavy (non-hydrogen) atoms. The molecule has 0 radical (unpaired) electrons. The Morgan fingerprint density at radius 2 is 1.63 bits per heavy atom. The summed E-state index contributed by atoms with van der Waals surface area (Å²) in [5.74, 6) is 0.551. The van der Waals surface area contributed by atoms with Gasteiger partial charge in [0.25, 0.3) is 5.91 Å². The molecular weight excluding hydrogens is 532 g/mol. The molecule has 3 N–H and O–H groups in total. The number of aromatic amines is 1. The first-order chi connectivity index (χ1) is 19.9. The summed E-state index contributed by atoms with van der Waals surface area (Å²) in [7, 11) is -3.41. The number of amides is 1. The van der Waals surface area contributed by atoms with Gasteiger partial charge in [0.05, 0.1) is 4.90 Å². The number of nitrogens with zero attached hydrogens (tertiary/aromatic N) is 1. The number of hydrogen-bond acceptors (Lipinski definition) is 4. The maximum atomic E-state index is 13.1. The van der Waals surface area contributed by atoms with Gasteiger partial charge in [0.2, 0.25) is 10.0 Å². The van der Waals surface area contributed by atoms with E-state index in [4.69, 9.17) is 0 Å². The summed E-state index contributed by atoms with van der Waals surface area (Å²) < 4.78 is 27.6. The second-order valence-electron chi connectivity index (χ2n) is 12.9. The highest BCUT2D eigenvalue weighted by molar-refractivity contribution is 7.89. The Kier molecular flexibility index (Phi) is 10.3. The molecule has 2 aliphatic heterocycles. The summed E-state index contributed by atoms with van der Waals surface area (Å²) >= 11 is 0. The number of aryl methyl sites for hydroxylation is 1.